The van der Waals surface area contributed by atoms with Crippen LogP contribution in [0, 0.1) is 0 Å². The van der Waals surface area contributed by atoms with Crippen molar-refractivity contribution in [2.75, 3.05) is 5.32 Å². The molecule has 0 aliphatic carbocycles. The van der Waals surface area contributed by atoms with Gasteiger partial charge in [-0.1, -0.05) is 13.0 Å². The SMILES string of the molecule is CCCc1nccc(Oc2ccc(-c3nc(Nc4cccc(C(F)(F)F)c4)n[nH]3)cc2)n1. The van der Waals surface area contributed by atoms with Crippen LogP contribution in [0.1, 0.15) is 24.7 Å². The first-order valence-corrected chi connectivity index (χ1v) is 9.87. The van der Waals surface area contributed by atoms with Crippen LogP contribution in [0.3, 0.4) is 0 Å². The molecule has 0 fully saturated rings. The molecule has 4 aromatic rings. The van der Waals surface area contributed by atoms with Gasteiger partial charge in [-0.05, 0) is 48.9 Å². The highest BCUT2D eigenvalue weighted by atomic mass is 19.4. The minimum absolute atomic E-state index is 0.157. The lowest BCUT2D eigenvalue weighted by Gasteiger charge is -2.08. The van der Waals surface area contributed by atoms with Gasteiger partial charge in [-0.25, -0.2) is 4.98 Å². The number of anilines is 2. The maximum atomic E-state index is 12.9. The summed E-state index contributed by atoms with van der Waals surface area (Å²) in [6, 6.07) is 13.6. The van der Waals surface area contributed by atoms with Crippen molar-refractivity contribution in [3.63, 3.8) is 0 Å². The van der Waals surface area contributed by atoms with E-state index in [0.717, 1.165) is 36.4 Å². The number of halogens is 3. The van der Waals surface area contributed by atoms with Gasteiger partial charge in [-0.15, -0.1) is 5.10 Å². The van der Waals surface area contributed by atoms with Crippen molar-refractivity contribution >= 4 is 11.6 Å². The molecule has 0 saturated heterocycles. The topological polar surface area (TPSA) is 88.6 Å². The number of hydrogen-bond donors (Lipinski definition) is 2. The van der Waals surface area contributed by atoms with Gasteiger partial charge >= 0.3 is 6.18 Å². The fraction of sp³-hybridized carbons (Fsp3) is 0.182. The molecule has 0 unspecified atom stereocenters. The number of H-pyrrole nitrogens is 1. The monoisotopic (exact) mass is 440 g/mol. The number of rotatable bonds is 7. The molecule has 0 saturated carbocycles. The Balaban J connectivity index is 1.44. The van der Waals surface area contributed by atoms with Crippen LogP contribution in [-0.2, 0) is 12.6 Å². The number of hydrogen-bond acceptors (Lipinski definition) is 6. The second-order valence-electron chi connectivity index (χ2n) is 6.90. The van der Waals surface area contributed by atoms with Gasteiger partial charge in [0, 0.05) is 29.9 Å². The fourth-order valence-electron chi connectivity index (χ4n) is 2.93. The maximum absolute atomic E-state index is 12.9. The molecule has 7 nitrogen and oxygen atoms in total. The van der Waals surface area contributed by atoms with Gasteiger partial charge in [-0.2, -0.15) is 23.1 Å². The summed E-state index contributed by atoms with van der Waals surface area (Å²) in [6.07, 6.45) is -1.04. The molecule has 10 heteroatoms. The molecule has 0 radical (unpaired) electrons. The number of alkyl halides is 3. The Morgan fingerprint density at radius 2 is 1.84 bits per heavy atom. The number of nitrogens with zero attached hydrogens (tertiary/aromatic N) is 4. The Morgan fingerprint density at radius 3 is 2.59 bits per heavy atom. The molecular formula is C22H19F3N6O. The van der Waals surface area contributed by atoms with Crippen LogP contribution in [0.25, 0.3) is 11.4 Å². The molecule has 0 amide bonds. The molecule has 4 rings (SSSR count). The summed E-state index contributed by atoms with van der Waals surface area (Å²) in [5, 5.41) is 9.56. The minimum Gasteiger partial charge on any atom is -0.439 e. The fourth-order valence-corrected chi connectivity index (χ4v) is 2.93. The third kappa shape index (κ3) is 5.20. The Morgan fingerprint density at radius 1 is 1.03 bits per heavy atom. The van der Waals surface area contributed by atoms with Crippen molar-refractivity contribution in [2.45, 2.75) is 25.9 Å². The Kier molecular flexibility index (Phi) is 6.02. The van der Waals surface area contributed by atoms with Crippen molar-refractivity contribution in [1.29, 1.82) is 0 Å². The van der Waals surface area contributed by atoms with Crippen LogP contribution in [0.15, 0.2) is 60.8 Å². The smallest absolute Gasteiger partial charge is 0.416 e. The number of nitrogens with one attached hydrogen (secondary N) is 2. The Hall–Kier alpha value is -3.95. The van der Waals surface area contributed by atoms with E-state index in [0.29, 0.717) is 17.5 Å². The minimum atomic E-state index is -4.42. The highest BCUT2D eigenvalue weighted by Gasteiger charge is 2.30. The summed E-state index contributed by atoms with van der Waals surface area (Å²) in [4.78, 5) is 12.9. The summed E-state index contributed by atoms with van der Waals surface area (Å²) >= 11 is 0. The van der Waals surface area contributed by atoms with E-state index in [4.69, 9.17) is 4.74 Å². The largest absolute Gasteiger partial charge is 0.439 e. The zero-order valence-corrected chi connectivity index (χ0v) is 17.0. The normalized spacial score (nSPS) is 11.4. The average Bonchev–Trinajstić information content (AvgIpc) is 3.23. The first kappa shape index (κ1) is 21.3. The van der Waals surface area contributed by atoms with Crippen LogP contribution >= 0.6 is 0 Å². The van der Waals surface area contributed by atoms with E-state index in [1.807, 2.05) is 0 Å². The molecule has 0 aliphatic heterocycles. The lowest BCUT2D eigenvalue weighted by Crippen LogP contribution is -2.05. The van der Waals surface area contributed by atoms with E-state index in [2.05, 4.69) is 37.4 Å². The van der Waals surface area contributed by atoms with Crippen LogP contribution < -0.4 is 10.1 Å². The van der Waals surface area contributed by atoms with Crippen molar-refractivity contribution in [3.8, 4) is 23.0 Å². The Labute approximate surface area is 181 Å². The van der Waals surface area contributed by atoms with Crippen molar-refractivity contribution < 1.29 is 17.9 Å². The molecule has 32 heavy (non-hydrogen) atoms. The predicted octanol–water partition coefficient (Wildman–Crippen LogP) is 5.77. The number of ether oxygens (including phenoxy) is 1. The molecule has 0 bridgehead atoms. The second kappa shape index (κ2) is 9.04. The van der Waals surface area contributed by atoms with Crippen LogP contribution in [0.2, 0.25) is 0 Å². The maximum Gasteiger partial charge on any atom is 0.416 e. The second-order valence-corrected chi connectivity index (χ2v) is 6.90. The van der Waals surface area contributed by atoms with E-state index >= 15 is 0 Å². The summed E-state index contributed by atoms with van der Waals surface area (Å²) in [5.41, 5.74) is 0.220. The third-order valence-corrected chi connectivity index (χ3v) is 4.44. The van der Waals surface area contributed by atoms with Gasteiger partial charge < -0.3 is 10.1 Å². The van der Waals surface area contributed by atoms with Crippen molar-refractivity contribution in [3.05, 3.63) is 72.2 Å². The zero-order chi connectivity index (χ0) is 22.6. The molecule has 2 N–H and O–H groups in total. The first-order chi connectivity index (χ1) is 15.4. The van der Waals surface area contributed by atoms with E-state index < -0.39 is 11.7 Å². The van der Waals surface area contributed by atoms with Gasteiger partial charge in [0.05, 0.1) is 5.56 Å². The summed E-state index contributed by atoms with van der Waals surface area (Å²) < 4.78 is 44.4. The third-order valence-electron chi connectivity index (χ3n) is 4.44. The predicted molar refractivity (Wildman–Crippen MR) is 113 cm³/mol. The number of aromatic nitrogens is 5. The van der Waals surface area contributed by atoms with Gasteiger partial charge in [0.1, 0.15) is 11.6 Å². The van der Waals surface area contributed by atoms with E-state index in [1.54, 1.807) is 36.5 Å². The van der Waals surface area contributed by atoms with Gasteiger partial charge in [0.2, 0.25) is 11.8 Å². The van der Waals surface area contributed by atoms with Gasteiger partial charge in [0.15, 0.2) is 5.82 Å². The van der Waals surface area contributed by atoms with Crippen LogP contribution in [-0.4, -0.2) is 25.1 Å². The molecule has 2 aromatic heterocycles. The number of aromatic amines is 1. The molecule has 0 aliphatic rings. The summed E-state index contributed by atoms with van der Waals surface area (Å²) in [6.45, 7) is 2.06. The average molecular weight is 440 g/mol. The van der Waals surface area contributed by atoms with Gasteiger partial charge in [-0.3, -0.25) is 5.10 Å². The number of aryl methyl sites for hydroxylation is 1. The molecule has 2 aromatic carbocycles. The highest BCUT2D eigenvalue weighted by molar-refractivity contribution is 5.60. The van der Waals surface area contributed by atoms with Crippen molar-refractivity contribution in [1.82, 2.24) is 25.1 Å². The summed E-state index contributed by atoms with van der Waals surface area (Å²) in [7, 11) is 0. The quantitative estimate of drug-likeness (QED) is 0.379. The molecule has 0 atom stereocenters. The van der Waals surface area contributed by atoms with Crippen molar-refractivity contribution in [2.24, 2.45) is 0 Å². The summed E-state index contributed by atoms with van der Waals surface area (Å²) in [5.74, 6) is 2.40. The lowest BCUT2D eigenvalue weighted by atomic mass is 10.2. The zero-order valence-electron chi connectivity index (χ0n) is 17.0. The molecular weight excluding hydrogens is 421 g/mol. The molecule has 2 heterocycles. The standard InChI is InChI=1S/C22H19F3N6O/c1-2-4-18-26-12-11-19(28-18)32-17-9-7-14(8-10-17)20-29-21(31-30-20)27-16-6-3-5-15(13-16)22(23,24)25/h3,5-13H,2,4H2,1H3,(H2,27,29,30,31). The van der Waals surface area contributed by atoms with Crippen LogP contribution in [0.4, 0.5) is 24.8 Å². The number of benzene rings is 2. The van der Waals surface area contributed by atoms with E-state index in [1.165, 1.54) is 12.1 Å². The molecule has 0 spiro atoms. The lowest BCUT2D eigenvalue weighted by molar-refractivity contribution is -0.137. The molecule has 164 valence electrons. The van der Waals surface area contributed by atoms with Crippen LogP contribution in [0.5, 0.6) is 11.6 Å². The Bertz CT molecular complexity index is 1190. The highest BCUT2D eigenvalue weighted by Crippen LogP contribution is 2.31. The van der Waals surface area contributed by atoms with E-state index in [9.17, 15) is 13.2 Å². The first-order valence-electron chi connectivity index (χ1n) is 9.87. The van der Waals surface area contributed by atoms with E-state index in [-0.39, 0.29) is 11.6 Å². The van der Waals surface area contributed by atoms with Gasteiger partial charge in [0.25, 0.3) is 0 Å².